The zero-order valence-corrected chi connectivity index (χ0v) is 19.5. The van der Waals surface area contributed by atoms with Crippen molar-refractivity contribution in [2.45, 2.75) is 4.90 Å². The Hall–Kier alpha value is -2.94. The zero-order chi connectivity index (χ0) is 23.3. The standard InChI is InChI=1S/C22H20Cl2N2O5S/c1-30-20-11-9-17(13-21(20)31-2)32(28,29)26(16-6-4-3-5-7-16)14-22(27)25-19-12-15(23)8-10-18(19)24/h3-13H,14H2,1-2H3,(H,25,27). The van der Waals surface area contributed by atoms with Crippen molar-refractivity contribution >= 4 is 50.5 Å². The van der Waals surface area contributed by atoms with E-state index in [2.05, 4.69) is 5.32 Å². The summed E-state index contributed by atoms with van der Waals surface area (Å²) in [5.74, 6) is 0.0323. The summed E-state index contributed by atoms with van der Waals surface area (Å²) in [6, 6.07) is 17.1. The van der Waals surface area contributed by atoms with Crippen LogP contribution in [0.5, 0.6) is 11.5 Å². The predicted molar refractivity (Wildman–Crippen MR) is 126 cm³/mol. The average molecular weight is 495 g/mol. The summed E-state index contributed by atoms with van der Waals surface area (Å²) in [5, 5.41) is 3.26. The molecule has 0 heterocycles. The van der Waals surface area contributed by atoms with Gasteiger partial charge in [-0.2, -0.15) is 0 Å². The number of hydrogen-bond donors (Lipinski definition) is 1. The van der Waals surface area contributed by atoms with E-state index in [1.165, 1.54) is 44.6 Å². The van der Waals surface area contributed by atoms with Crippen molar-refractivity contribution in [2.24, 2.45) is 0 Å². The number of rotatable bonds is 8. The quantitative estimate of drug-likeness (QED) is 0.483. The van der Waals surface area contributed by atoms with Crippen LogP contribution >= 0.6 is 23.2 Å². The van der Waals surface area contributed by atoms with Crippen LogP contribution in [0.15, 0.2) is 71.6 Å². The first kappa shape index (κ1) is 23.7. The number of benzene rings is 3. The molecule has 3 rings (SSSR count). The molecule has 1 N–H and O–H groups in total. The zero-order valence-electron chi connectivity index (χ0n) is 17.2. The summed E-state index contributed by atoms with van der Waals surface area (Å²) in [4.78, 5) is 12.7. The Kier molecular flexibility index (Phi) is 7.50. The maximum atomic E-state index is 13.5. The Labute approximate surface area is 196 Å². The Morgan fingerprint density at radius 3 is 2.28 bits per heavy atom. The van der Waals surface area contributed by atoms with Gasteiger partial charge in [-0.25, -0.2) is 8.42 Å². The van der Waals surface area contributed by atoms with E-state index in [1.54, 1.807) is 36.4 Å². The smallest absolute Gasteiger partial charge is 0.264 e. The van der Waals surface area contributed by atoms with Gasteiger partial charge in [0.25, 0.3) is 10.0 Å². The van der Waals surface area contributed by atoms with Crippen molar-refractivity contribution in [3.05, 3.63) is 76.8 Å². The maximum absolute atomic E-state index is 13.5. The minimum absolute atomic E-state index is 0.0624. The summed E-state index contributed by atoms with van der Waals surface area (Å²) < 4.78 is 38.4. The molecule has 0 bridgehead atoms. The molecule has 7 nitrogen and oxygen atoms in total. The first-order valence-electron chi connectivity index (χ1n) is 9.31. The topological polar surface area (TPSA) is 84.9 Å². The lowest BCUT2D eigenvalue weighted by molar-refractivity contribution is -0.114. The molecule has 0 atom stereocenters. The van der Waals surface area contributed by atoms with Gasteiger partial charge in [-0.3, -0.25) is 9.10 Å². The first-order chi connectivity index (χ1) is 15.3. The number of hydrogen-bond acceptors (Lipinski definition) is 5. The van der Waals surface area contributed by atoms with Crippen LogP contribution in [-0.2, 0) is 14.8 Å². The van der Waals surface area contributed by atoms with E-state index < -0.39 is 22.5 Å². The van der Waals surface area contributed by atoms with Crippen LogP contribution in [0.3, 0.4) is 0 Å². The highest BCUT2D eigenvalue weighted by atomic mass is 35.5. The predicted octanol–water partition coefficient (Wildman–Crippen LogP) is 4.84. The lowest BCUT2D eigenvalue weighted by Crippen LogP contribution is -2.38. The number of carbonyl (C=O) groups is 1. The molecular weight excluding hydrogens is 475 g/mol. The van der Waals surface area contributed by atoms with Crippen molar-refractivity contribution in [1.82, 2.24) is 0 Å². The lowest BCUT2D eigenvalue weighted by atomic mass is 10.3. The summed E-state index contributed by atoms with van der Waals surface area (Å²) in [6.07, 6.45) is 0. The van der Waals surface area contributed by atoms with E-state index in [4.69, 9.17) is 32.7 Å². The third-order valence-electron chi connectivity index (χ3n) is 4.48. The summed E-state index contributed by atoms with van der Waals surface area (Å²) in [6.45, 7) is -0.496. The molecule has 0 aliphatic carbocycles. The molecule has 0 radical (unpaired) electrons. The molecule has 3 aromatic rings. The first-order valence-corrected chi connectivity index (χ1v) is 11.5. The van der Waals surface area contributed by atoms with Gasteiger partial charge in [0.05, 0.1) is 35.5 Å². The van der Waals surface area contributed by atoms with Crippen molar-refractivity contribution in [2.75, 3.05) is 30.4 Å². The monoisotopic (exact) mass is 494 g/mol. The fourth-order valence-electron chi connectivity index (χ4n) is 2.93. The van der Waals surface area contributed by atoms with Gasteiger partial charge in [-0.15, -0.1) is 0 Å². The Morgan fingerprint density at radius 2 is 1.62 bits per heavy atom. The van der Waals surface area contributed by atoms with Gasteiger partial charge in [-0.1, -0.05) is 41.4 Å². The number of nitrogens with zero attached hydrogens (tertiary/aromatic N) is 1. The highest BCUT2D eigenvalue weighted by Gasteiger charge is 2.28. The molecular formula is C22H20Cl2N2O5S. The fourth-order valence-corrected chi connectivity index (χ4v) is 4.70. The average Bonchev–Trinajstić information content (AvgIpc) is 2.79. The fraction of sp³-hybridized carbons (Fsp3) is 0.136. The molecule has 0 aliphatic rings. The van der Waals surface area contributed by atoms with Crippen molar-refractivity contribution in [3.63, 3.8) is 0 Å². The van der Waals surface area contributed by atoms with Gasteiger partial charge >= 0.3 is 0 Å². The third kappa shape index (κ3) is 5.27. The molecule has 0 spiro atoms. The second-order valence-electron chi connectivity index (χ2n) is 6.54. The van der Waals surface area contributed by atoms with Crippen LogP contribution < -0.4 is 19.1 Å². The molecule has 0 saturated heterocycles. The summed E-state index contributed by atoms with van der Waals surface area (Å²) in [7, 11) is -1.28. The SMILES string of the molecule is COc1ccc(S(=O)(=O)N(CC(=O)Nc2cc(Cl)ccc2Cl)c2ccccc2)cc1OC. The number of anilines is 2. The van der Waals surface area contributed by atoms with Gasteiger partial charge in [-0.05, 0) is 42.5 Å². The van der Waals surface area contributed by atoms with E-state index in [0.29, 0.717) is 16.5 Å². The largest absolute Gasteiger partial charge is 0.493 e. The van der Waals surface area contributed by atoms with E-state index >= 15 is 0 Å². The minimum atomic E-state index is -4.14. The number of methoxy groups -OCH3 is 2. The highest BCUT2D eigenvalue weighted by molar-refractivity contribution is 7.92. The number of para-hydroxylation sites is 1. The second kappa shape index (κ2) is 10.1. The van der Waals surface area contributed by atoms with Crippen LogP contribution in [0.4, 0.5) is 11.4 Å². The van der Waals surface area contributed by atoms with Gasteiger partial charge in [0.1, 0.15) is 6.54 Å². The van der Waals surface area contributed by atoms with E-state index in [0.717, 1.165) is 4.31 Å². The Bertz CT molecular complexity index is 1220. The van der Waals surface area contributed by atoms with Gasteiger partial charge < -0.3 is 14.8 Å². The normalized spacial score (nSPS) is 11.0. The third-order valence-corrected chi connectivity index (χ3v) is 6.81. The number of halogens is 2. The maximum Gasteiger partial charge on any atom is 0.264 e. The molecule has 3 aromatic carbocycles. The molecule has 1 amide bonds. The summed E-state index contributed by atoms with van der Waals surface area (Å²) >= 11 is 12.1. The second-order valence-corrected chi connectivity index (χ2v) is 9.24. The van der Waals surface area contributed by atoms with E-state index in [-0.39, 0.29) is 21.4 Å². The van der Waals surface area contributed by atoms with Gasteiger partial charge in [0.2, 0.25) is 5.91 Å². The Morgan fingerprint density at radius 1 is 0.938 bits per heavy atom. The van der Waals surface area contributed by atoms with Crippen molar-refractivity contribution in [3.8, 4) is 11.5 Å². The molecule has 0 fully saturated rings. The van der Waals surface area contributed by atoms with Crippen molar-refractivity contribution < 1.29 is 22.7 Å². The minimum Gasteiger partial charge on any atom is -0.493 e. The number of amides is 1. The van der Waals surface area contributed by atoms with Crippen LogP contribution in [0.25, 0.3) is 0 Å². The molecule has 0 aromatic heterocycles. The number of sulfonamides is 1. The van der Waals surface area contributed by atoms with Gasteiger partial charge in [0.15, 0.2) is 11.5 Å². The van der Waals surface area contributed by atoms with Crippen LogP contribution in [-0.4, -0.2) is 35.1 Å². The molecule has 32 heavy (non-hydrogen) atoms. The van der Waals surface area contributed by atoms with Crippen molar-refractivity contribution in [1.29, 1.82) is 0 Å². The highest BCUT2D eigenvalue weighted by Crippen LogP contribution is 2.32. The number of ether oxygens (including phenoxy) is 2. The number of nitrogens with one attached hydrogen (secondary N) is 1. The Balaban J connectivity index is 1.98. The van der Waals surface area contributed by atoms with E-state index in [9.17, 15) is 13.2 Å². The molecule has 0 aliphatic heterocycles. The van der Waals surface area contributed by atoms with Crippen LogP contribution in [0.2, 0.25) is 10.0 Å². The van der Waals surface area contributed by atoms with Crippen LogP contribution in [0.1, 0.15) is 0 Å². The van der Waals surface area contributed by atoms with E-state index in [1.807, 2.05) is 0 Å². The molecule has 0 unspecified atom stereocenters. The number of carbonyl (C=O) groups excluding carboxylic acids is 1. The lowest BCUT2D eigenvalue weighted by Gasteiger charge is -2.24. The van der Waals surface area contributed by atoms with Crippen LogP contribution in [0, 0.1) is 0 Å². The molecule has 168 valence electrons. The van der Waals surface area contributed by atoms with Gasteiger partial charge in [0, 0.05) is 11.1 Å². The molecule has 10 heteroatoms. The molecule has 0 saturated carbocycles. The summed E-state index contributed by atoms with van der Waals surface area (Å²) in [5.41, 5.74) is 0.593.